The Hall–Kier alpha value is -1.32. The molecule has 0 spiro atoms. The standard InChI is InChI=1S/C9H12N2O2/c1-2-11-4-3-8(10-11)6-5-7(6)9(12)13/h3-4,6-7H,2,5H2,1H3,(H,12,13). The van der Waals surface area contributed by atoms with Gasteiger partial charge in [-0.3, -0.25) is 9.48 Å². The minimum absolute atomic E-state index is 0.158. The highest BCUT2D eigenvalue weighted by Crippen LogP contribution is 2.46. The van der Waals surface area contributed by atoms with Gasteiger partial charge in [-0.25, -0.2) is 0 Å². The van der Waals surface area contributed by atoms with Gasteiger partial charge in [0.1, 0.15) is 0 Å². The van der Waals surface area contributed by atoms with Gasteiger partial charge in [0.25, 0.3) is 0 Å². The number of aliphatic carboxylic acids is 1. The van der Waals surface area contributed by atoms with Gasteiger partial charge in [0.2, 0.25) is 0 Å². The van der Waals surface area contributed by atoms with Crippen LogP contribution < -0.4 is 0 Å². The lowest BCUT2D eigenvalue weighted by Crippen LogP contribution is -2.00. The summed E-state index contributed by atoms with van der Waals surface area (Å²) in [6, 6.07) is 1.91. The Morgan fingerprint density at radius 2 is 2.62 bits per heavy atom. The summed E-state index contributed by atoms with van der Waals surface area (Å²) in [5, 5.41) is 13.0. The van der Waals surface area contributed by atoms with E-state index in [0.29, 0.717) is 0 Å². The number of hydrogen-bond donors (Lipinski definition) is 1. The number of aryl methyl sites for hydroxylation is 1. The molecule has 4 heteroatoms. The highest BCUT2D eigenvalue weighted by atomic mass is 16.4. The van der Waals surface area contributed by atoms with Gasteiger partial charge < -0.3 is 5.11 Å². The van der Waals surface area contributed by atoms with Gasteiger partial charge in [-0.05, 0) is 19.4 Å². The van der Waals surface area contributed by atoms with Crippen LogP contribution in [-0.2, 0) is 11.3 Å². The SMILES string of the molecule is CCn1ccc(C2CC2C(=O)O)n1. The molecule has 4 nitrogen and oxygen atoms in total. The van der Waals surface area contributed by atoms with Crippen molar-refractivity contribution in [2.24, 2.45) is 5.92 Å². The van der Waals surface area contributed by atoms with Crippen LogP contribution in [0.15, 0.2) is 12.3 Å². The zero-order valence-electron chi connectivity index (χ0n) is 7.47. The van der Waals surface area contributed by atoms with Crippen LogP contribution in [0.3, 0.4) is 0 Å². The van der Waals surface area contributed by atoms with E-state index < -0.39 is 5.97 Å². The first-order valence-corrected chi connectivity index (χ1v) is 4.48. The number of aromatic nitrogens is 2. The Labute approximate surface area is 76.2 Å². The topological polar surface area (TPSA) is 55.1 Å². The molecular weight excluding hydrogens is 168 g/mol. The Kier molecular flexibility index (Phi) is 1.83. The molecule has 2 rings (SSSR count). The summed E-state index contributed by atoms with van der Waals surface area (Å²) in [6.45, 7) is 2.85. The third-order valence-electron chi connectivity index (χ3n) is 2.47. The maximum Gasteiger partial charge on any atom is 0.307 e. The van der Waals surface area contributed by atoms with Crippen LogP contribution in [0.2, 0.25) is 0 Å². The number of nitrogens with zero attached hydrogens (tertiary/aromatic N) is 2. The zero-order valence-corrected chi connectivity index (χ0v) is 7.47. The fourth-order valence-electron chi connectivity index (χ4n) is 1.55. The maximum absolute atomic E-state index is 10.6. The molecule has 13 heavy (non-hydrogen) atoms. The van der Waals surface area contributed by atoms with Crippen molar-refractivity contribution >= 4 is 5.97 Å². The van der Waals surface area contributed by atoms with Crippen LogP contribution in [0.4, 0.5) is 0 Å². The maximum atomic E-state index is 10.6. The molecule has 1 aromatic rings. The number of hydrogen-bond acceptors (Lipinski definition) is 2. The van der Waals surface area contributed by atoms with Gasteiger partial charge in [0.15, 0.2) is 0 Å². The van der Waals surface area contributed by atoms with Crippen molar-refractivity contribution in [3.63, 3.8) is 0 Å². The molecule has 1 aliphatic rings. The van der Waals surface area contributed by atoms with Gasteiger partial charge in [0.05, 0.1) is 11.6 Å². The summed E-state index contributed by atoms with van der Waals surface area (Å²) in [5.41, 5.74) is 0.925. The van der Waals surface area contributed by atoms with E-state index in [2.05, 4.69) is 5.10 Å². The molecule has 1 aromatic heterocycles. The molecule has 0 radical (unpaired) electrons. The highest BCUT2D eigenvalue weighted by molar-refractivity contribution is 5.74. The minimum atomic E-state index is -0.698. The molecule has 0 bridgehead atoms. The molecule has 1 fully saturated rings. The van der Waals surface area contributed by atoms with Crippen molar-refractivity contribution in [1.82, 2.24) is 9.78 Å². The number of rotatable bonds is 3. The fraction of sp³-hybridized carbons (Fsp3) is 0.556. The van der Waals surface area contributed by atoms with Crippen LogP contribution in [0, 0.1) is 5.92 Å². The molecule has 0 saturated heterocycles. The van der Waals surface area contributed by atoms with E-state index in [-0.39, 0.29) is 11.8 Å². The second-order valence-electron chi connectivity index (χ2n) is 3.38. The normalized spacial score (nSPS) is 25.9. The highest BCUT2D eigenvalue weighted by Gasteiger charge is 2.45. The van der Waals surface area contributed by atoms with Crippen molar-refractivity contribution in [3.8, 4) is 0 Å². The molecule has 0 amide bonds. The lowest BCUT2D eigenvalue weighted by molar-refractivity contribution is -0.138. The monoisotopic (exact) mass is 180 g/mol. The molecule has 0 aliphatic heterocycles. The van der Waals surface area contributed by atoms with Crippen molar-refractivity contribution < 1.29 is 9.90 Å². The molecule has 70 valence electrons. The Bertz CT molecular complexity index is 332. The number of carboxylic acids is 1. The summed E-state index contributed by atoms with van der Waals surface area (Å²) >= 11 is 0. The quantitative estimate of drug-likeness (QED) is 0.757. The van der Waals surface area contributed by atoms with Crippen molar-refractivity contribution in [2.45, 2.75) is 25.8 Å². The average molecular weight is 180 g/mol. The summed E-state index contributed by atoms with van der Waals surface area (Å²) < 4.78 is 1.83. The number of carbonyl (C=O) groups is 1. The average Bonchev–Trinajstić information content (AvgIpc) is 2.78. The molecule has 0 aromatic carbocycles. The number of carboxylic acid groups (broad SMARTS) is 1. The van der Waals surface area contributed by atoms with Gasteiger partial charge in [-0.1, -0.05) is 0 Å². The predicted molar refractivity (Wildman–Crippen MR) is 46.4 cm³/mol. The molecule has 2 atom stereocenters. The lowest BCUT2D eigenvalue weighted by atomic mass is 10.2. The molecule has 1 heterocycles. The van der Waals surface area contributed by atoms with Gasteiger partial charge in [0, 0.05) is 18.7 Å². The van der Waals surface area contributed by atoms with Crippen molar-refractivity contribution in [1.29, 1.82) is 0 Å². The summed E-state index contributed by atoms with van der Waals surface area (Å²) in [5.74, 6) is -0.735. The van der Waals surface area contributed by atoms with E-state index >= 15 is 0 Å². The Morgan fingerprint density at radius 3 is 3.08 bits per heavy atom. The third kappa shape index (κ3) is 1.43. The molecule has 2 unspecified atom stereocenters. The Morgan fingerprint density at radius 1 is 1.85 bits per heavy atom. The second kappa shape index (κ2) is 2.87. The molecular formula is C9H12N2O2. The van der Waals surface area contributed by atoms with E-state index in [9.17, 15) is 4.79 Å². The first kappa shape index (κ1) is 8.29. The largest absolute Gasteiger partial charge is 0.481 e. The van der Waals surface area contributed by atoms with E-state index in [1.165, 1.54) is 0 Å². The molecule has 1 aliphatic carbocycles. The van der Waals surface area contributed by atoms with E-state index in [1.54, 1.807) is 0 Å². The van der Waals surface area contributed by atoms with Crippen LogP contribution in [0.5, 0.6) is 0 Å². The third-order valence-corrected chi connectivity index (χ3v) is 2.47. The van der Waals surface area contributed by atoms with Crippen LogP contribution in [0.1, 0.15) is 25.0 Å². The van der Waals surface area contributed by atoms with E-state index in [0.717, 1.165) is 18.7 Å². The summed E-state index contributed by atoms with van der Waals surface area (Å²) in [6.07, 6.45) is 2.64. The van der Waals surface area contributed by atoms with Crippen molar-refractivity contribution in [3.05, 3.63) is 18.0 Å². The Balaban J connectivity index is 2.07. The van der Waals surface area contributed by atoms with Crippen LogP contribution >= 0.6 is 0 Å². The first-order valence-electron chi connectivity index (χ1n) is 4.48. The van der Waals surface area contributed by atoms with E-state index in [4.69, 9.17) is 5.11 Å². The second-order valence-corrected chi connectivity index (χ2v) is 3.38. The fourth-order valence-corrected chi connectivity index (χ4v) is 1.55. The van der Waals surface area contributed by atoms with Gasteiger partial charge >= 0.3 is 5.97 Å². The van der Waals surface area contributed by atoms with Crippen LogP contribution in [-0.4, -0.2) is 20.9 Å². The van der Waals surface area contributed by atoms with Crippen LogP contribution in [0.25, 0.3) is 0 Å². The first-order chi connectivity index (χ1) is 6.22. The summed E-state index contributed by atoms with van der Waals surface area (Å²) in [4.78, 5) is 10.6. The minimum Gasteiger partial charge on any atom is -0.481 e. The van der Waals surface area contributed by atoms with Gasteiger partial charge in [-0.2, -0.15) is 5.10 Å². The predicted octanol–water partition coefficient (Wildman–Crippen LogP) is 1.09. The smallest absolute Gasteiger partial charge is 0.307 e. The van der Waals surface area contributed by atoms with E-state index in [1.807, 2.05) is 23.9 Å². The molecule has 1 N–H and O–H groups in total. The lowest BCUT2D eigenvalue weighted by Gasteiger charge is -1.93. The van der Waals surface area contributed by atoms with Gasteiger partial charge in [-0.15, -0.1) is 0 Å². The summed E-state index contributed by atoms with van der Waals surface area (Å²) in [7, 11) is 0. The van der Waals surface area contributed by atoms with Crippen molar-refractivity contribution in [2.75, 3.05) is 0 Å². The zero-order chi connectivity index (χ0) is 9.42. The molecule has 1 saturated carbocycles.